The molecule has 1 amide bonds. The number of nitrogens with zero attached hydrogens (tertiary/aromatic N) is 1. The van der Waals surface area contributed by atoms with E-state index in [-0.39, 0.29) is 12.1 Å². The zero-order chi connectivity index (χ0) is 21.0. The average molecular weight is 413 g/mol. The molecule has 2 aromatic rings. The lowest BCUT2D eigenvalue weighted by atomic mass is 9.85. The Morgan fingerprint density at radius 2 is 1.86 bits per heavy atom. The zero-order valence-electron chi connectivity index (χ0n) is 16.0. The van der Waals surface area contributed by atoms with Crippen molar-refractivity contribution in [3.05, 3.63) is 41.5 Å². The Morgan fingerprint density at radius 1 is 1.17 bits per heavy atom. The average Bonchev–Trinajstić information content (AvgIpc) is 3.17. The predicted molar refractivity (Wildman–Crippen MR) is 109 cm³/mol. The molecule has 0 bridgehead atoms. The number of nitrogens with one attached hydrogen (secondary N) is 4. The fourth-order valence-corrected chi connectivity index (χ4v) is 4.12. The lowest BCUT2D eigenvalue weighted by molar-refractivity contribution is -0.118. The van der Waals surface area contributed by atoms with Crippen molar-refractivity contribution in [2.75, 3.05) is 34.0 Å². The van der Waals surface area contributed by atoms with Crippen LogP contribution in [0.2, 0.25) is 0 Å². The predicted octanol–water partition coefficient (Wildman–Crippen LogP) is 2.34. The minimum Gasteiger partial charge on any atom is -0.496 e. The summed E-state index contributed by atoms with van der Waals surface area (Å²) in [4.78, 5) is 12.2. The van der Waals surface area contributed by atoms with Crippen LogP contribution in [0.15, 0.2) is 30.3 Å². The van der Waals surface area contributed by atoms with Gasteiger partial charge in [-0.05, 0) is 31.2 Å². The molecular formula is C19H19N5O4S. The van der Waals surface area contributed by atoms with Crippen molar-refractivity contribution in [2.24, 2.45) is 0 Å². The molecule has 2 aliphatic rings. The topological polar surface area (TPSA) is 132 Å². The maximum absolute atomic E-state index is 12.2. The highest BCUT2D eigenvalue weighted by atomic mass is 32.2. The van der Waals surface area contributed by atoms with Crippen molar-refractivity contribution in [3.63, 3.8) is 0 Å². The summed E-state index contributed by atoms with van der Waals surface area (Å²) < 4.78 is 30.8. The van der Waals surface area contributed by atoms with Crippen molar-refractivity contribution >= 4 is 38.7 Å². The van der Waals surface area contributed by atoms with Crippen LogP contribution in [0.1, 0.15) is 24.2 Å². The molecule has 150 valence electrons. The van der Waals surface area contributed by atoms with Crippen LogP contribution in [0.3, 0.4) is 0 Å². The molecule has 2 unspecified atom stereocenters. The van der Waals surface area contributed by atoms with E-state index in [0.29, 0.717) is 22.7 Å². The summed E-state index contributed by atoms with van der Waals surface area (Å²) in [6.45, 7) is 1.59. The monoisotopic (exact) mass is 413 g/mol. The second-order valence-corrected chi connectivity index (χ2v) is 8.94. The number of hydrogen-bond acceptors (Lipinski definition) is 7. The molecule has 0 fully saturated rings. The highest BCUT2D eigenvalue weighted by Gasteiger charge is 2.44. The number of amides is 1. The van der Waals surface area contributed by atoms with Crippen LogP contribution in [-0.2, 0) is 20.2 Å². The first-order valence-corrected chi connectivity index (χ1v) is 10.6. The van der Waals surface area contributed by atoms with Crippen LogP contribution in [0, 0.1) is 11.3 Å². The van der Waals surface area contributed by atoms with Gasteiger partial charge in [0, 0.05) is 22.9 Å². The zero-order valence-corrected chi connectivity index (χ0v) is 16.8. The van der Waals surface area contributed by atoms with Crippen molar-refractivity contribution < 1.29 is 17.9 Å². The molecule has 2 heterocycles. The molecule has 0 saturated carbocycles. The van der Waals surface area contributed by atoms with Gasteiger partial charge in [-0.1, -0.05) is 0 Å². The first-order chi connectivity index (χ1) is 13.6. The molecule has 10 heteroatoms. The van der Waals surface area contributed by atoms with E-state index < -0.39 is 15.4 Å². The highest BCUT2D eigenvalue weighted by molar-refractivity contribution is 7.92. The quantitative estimate of drug-likeness (QED) is 0.605. The number of hydrogen-bond donors (Lipinski definition) is 4. The molecule has 4 rings (SSSR count). The fraction of sp³-hybridized carbons (Fsp3) is 0.263. The molecular weight excluding hydrogens is 394 g/mol. The van der Waals surface area contributed by atoms with Gasteiger partial charge >= 0.3 is 0 Å². The maximum Gasteiger partial charge on any atom is 0.249 e. The van der Waals surface area contributed by atoms with Gasteiger partial charge in [0.25, 0.3) is 0 Å². The van der Waals surface area contributed by atoms with Gasteiger partial charge in [-0.25, -0.2) is 8.42 Å². The Morgan fingerprint density at radius 3 is 2.48 bits per heavy atom. The smallest absolute Gasteiger partial charge is 0.249 e. The maximum atomic E-state index is 12.2. The van der Waals surface area contributed by atoms with Crippen LogP contribution in [-0.4, -0.2) is 27.7 Å². The van der Waals surface area contributed by atoms with Crippen LogP contribution in [0.25, 0.3) is 0 Å². The number of sulfonamides is 1. The first-order valence-electron chi connectivity index (χ1n) is 8.74. The van der Waals surface area contributed by atoms with E-state index >= 15 is 0 Å². The van der Waals surface area contributed by atoms with E-state index in [4.69, 9.17) is 4.74 Å². The molecule has 29 heavy (non-hydrogen) atoms. The number of nitriles is 1. The summed E-state index contributed by atoms with van der Waals surface area (Å²) >= 11 is 0. The third-order valence-corrected chi connectivity index (χ3v) is 5.68. The van der Waals surface area contributed by atoms with E-state index in [2.05, 4.69) is 26.7 Å². The van der Waals surface area contributed by atoms with Gasteiger partial charge in [0.05, 0.1) is 36.5 Å². The normalized spacial score (nSPS) is 21.9. The molecule has 9 nitrogen and oxygen atoms in total. The number of rotatable bonds is 4. The SMILES string of the molecule is COc1cc(NS(C)(=O)=O)ccc1C1Nc2cc3c(cc2N1)C(C)(C#N)C(=O)N3. The van der Waals surface area contributed by atoms with E-state index in [1.54, 1.807) is 37.3 Å². The Kier molecular flexibility index (Phi) is 4.09. The minimum absolute atomic E-state index is 0.334. The largest absolute Gasteiger partial charge is 0.496 e. The van der Waals surface area contributed by atoms with Gasteiger partial charge in [-0.15, -0.1) is 0 Å². The molecule has 2 atom stereocenters. The Labute approximate surface area is 168 Å². The second kappa shape index (κ2) is 6.28. The summed E-state index contributed by atoms with van der Waals surface area (Å²) in [6, 6.07) is 10.7. The van der Waals surface area contributed by atoms with Crippen LogP contribution in [0.5, 0.6) is 5.75 Å². The van der Waals surface area contributed by atoms with E-state index in [1.165, 1.54) is 7.11 Å². The summed E-state index contributed by atoms with van der Waals surface area (Å²) in [5, 5.41) is 18.9. The molecule has 0 spiro atoms. The summed E-state index contributed by atoms with van der Waals surface area (Å²) in [5.74, 6) is 0.157. The third kappa shape index (κ3) is 3.09. The fourth-order valence-electron chi connectivity index (χ4n) is 3.57. The Hall–Kier alpha value is -3.45. The van der Waals surface area contributed by atoms with Crippen molar-refractivity contribution in [1.82, 2.24) is 0 Å². The number of carbonyl (C=O) groups excluding carboxylic acids is 1. The summed E-state index contributed by atoms with van der Waals surface area (Å²) in [7, 11) is -1.89. The van der Waals surface area contributed by atoms with Crippen molar-refractivity contribution in [2.45, 2.75) is 18.5 Å². The molecule has 0 saturated heterocycles. The number of ether oxygens (including phenoxy) is 1. The highest BCUT2D eigenvalue weighted by Crippen LogP contribution is 2.46. The van der Waals surface area contributed by atoms with E-state index in [9.17, 15) is 18.5 Å². The summed E-state index contributed by atoms with van der Waals surface area (Å²) in [5.41, 5.74) is 2.69. The number of methoxy groups -OCH3 is 1. The molecule has 2 aliphatic heterocycles. The van der Waals surface area contributed by atoms with E-state index in [0.717, 1.165) is 23.2 Å². The third-order valence-electron chi connectivity index (χ3n) is 5.07. The number of benzene rings is 2. The van der Waals surface area contributed by atoms with Gasteiger partial charge in [-0.3, -0.25) is 9.52 Å². The minimum atomic E-state index is -3.40. The van der Waals surface area contributed by atoms with Gasteiger partial charge in [0.2, 0.25) is 15.9 Å². The van der Waals surface area contributed by atoms with Crippen molar-refractivity contribution in [1.29, 1.82) is 5.26 Å². The molecule has 4 N–H and O–H groups in total. The van der Waals surface area contributed by atoms with Gasteiger partial charge in [-0.2, -0.15) is 5.26 Å². The number of anilines is 4. The van der Waals surface area contributed by atoms with Gasteiger partial charge in [0.1, 0.15) is 11.9 Å². The summed E-state index contributed by atoms with van der Waals surface area (Å²) in [6.07, 6.45) is 0.746. The lowest BCUT2D eigenvalue weighted by Gasteiger charge is -2.17. The molecule has 0 aliphatic carbocycles. The van der Waals surface area contributed by atoms with E-state index in [1.807, 2.05) is 0 Å². The molecule has 2 aromatic carbocycles. The molecule has 0 aromatic heterocycles. The van der Waals surface area contributed by atoms with Crippen LogP contribution >= 0.6 is 0 Å². The Balaban J connectivity index is 1.66. The van der Waals surface area contributed by atoms with Gasteiger partial charge < -0.3 is 20.7 Å². The van der Waals surface area contributed by atoms with Gasteiger partial charge in [0.15, 0.2) is 5.41 Å². The van der Waals surface area contributed by atoms with Crippen LogP contribution in [0.4, 0.5) is 22.7 Å². The first kappa shape index (κ1) is 18.9. The standard InChI is InChI=1S/C19H19N5O4S/c1-19(9-20)12-7-14-15(8-13(12)23-18(19)25)22-17(21-14)11-5-4-10(6-16(11)28-2)24-29(3,26)27/h4-8,17,21-22,24H,1-3H3,(H,23,25). The number of fused-ring (bicyclic) bond motifs is 2. The van der Waals surface area contributed by atoms with Crippen LogP contribution < -0.4 is 25.4 Å². The Bertz CT molecular complexity index is 1190. The lowest BCUT2D eigenvalue weighted by Crippen LogP contribution is -2.28. The second-order valence-electron chi connectivity index (χ2n) is 7.19. The number of carbonyl (C=O) groups is 1. The van der Waals surface area contributed by atoms with Crippen molar-refractivity contribution in [3.8, 4) is 11.8 Å². The molecule has 0 radical (unpaired) electrons.